The second-order valence-electron chi connectivity index (χ2n) is 7.23. The van der Waals surface area contributed by atoms with E-state index in [1.54, 1.807) is 7.05 Å². The Labute approximate surface area is 173 Å². The van der Waals surface area contributed by atoms with Crippen molar-refractivity contribution >= 4 is 28.8 Å². The molecule has 0 spiro atoms. The topological polar surface area (TPSA) is 41.7 Å². The van der Waals surface area contributed by atoms with E-state index in [2.05, 4.69) is 96.3 Å². The third kappa shape index (κ3) is 4.65. The zero-order valence-electron chi connectivity index (χ0n) is 18.0. The highest BCUT2D eigenvalue weighted by Crippen LogP contribution is 2.27. The van der Waals surface area contributed by atoms with Crippen molar-refractivity contribution in [3.63, 3.8) is 0 Å². The maximum absolute atomic E-state index is 4.96. The highest BCUT2D eigenvalue weighted by molar-refractivity contribution is 6.06. The van der Waals surface area contributed by atoms with E-state index in [0.29, 0.717) is 6.54 Å². The molecule has 1 N–H and O–H groups in total. The van der Waals surface area contributed by atoms with Gasteiger partial charge in [0, 0.05) is 23.7 Å². The first-order chi connectivity index (χ1) is 14.0. The summed E-state index contributed by atoms with van der Waals surface area (Å²) in [6, 6.07) is 17.0. The van der Waals surface area contributed by atoms with Crippen molar-refractivity contribution in [2.24, 2.45) is 9.98 Å². The van der Waals surface area contributed by atoms with Crippen LogP contribution in [-0.2, 0) is 6.54 Å². The fourth-order valence-corrected chi connectivity index (χ4v) is 3.47. The summed E-state index contributed by atoms with van der Waals surface area (Å²) in [6.45, 7) is 8.98. The molecule has 0 unspecified atom stereocenters. The van der Waals surface area contributed by atoms with E-state index in [0.717, 1.165) is 29.4 Å². The summed E-state index contributed by atoms with van der Waals surface area (Å²) in [6.07, 6.45) is 5.43. The largest absolute Gasteiger partial charge is 0.314 e. The van der Waals surface area contributed by atoms with Gasteiger partial charge < -0.3 is 5.32 Å². The standard InChI is InChI=1S/C25H30N4/c1-6-7-13-22-19(3)29(24-15-9-8-14-23(22)24)25(28-20(4)26-5)27-17-21-12-10-11-18(2)16-21/h7-16H,6,17H2,1-5H3,(H,26,27,28)/b13-7-. The van der Waals surface area contributed by atoms with Crippen LogP contribution in [0.25, 0.3) is 17.0 Å². The number of nitrogens with zero attached hydrogens (tertiary/aromatic N) is 3. The van der Waals surface area contributed by atoms with Gasteiger partial charge in [-0.2, -0.15) is 0 Å². The Kier molecular flexibility index (Phi) is 6.65. The van der Waals surface area contributed by atoms with Gasteiger partial charge in [0.25, 0.3) is 0 Å². The molecule has 4 nitrogen and oxygen atoms in total. The summed E-state index contributed by atoms with van der Waals surface area (Å²) < 4.78 is 2.20. The molecule has 0 fully saturated rings. The molecule has 1 heterocycles. The predicted molar refractivity (Wildman–Crippen MR) is 126 cm³/mol. The van der Waals surface area contributed by atoms with E-state index in [9.17, 15) is 0 Å². The summed E-state index contributed by atoms with van der Waals surface area (Å²) in [5, 5.41) is 4.64. The summed E-state index contributed by atoms with van der Waals surface area (Å²) in [4.78, 5) is 9.25. The van der Waals surface area contributed by atoms with E-state index in [-0.39, 0.29) is 0 Å². The highest BCUT2D eigenvalue weighted by Gasteiger charge is 2.16. The molecule has 3 rings (SSSR count). The molecule has 0 radical (unpaired) electrons. The lowest BCUT2D eigenvalue weighted by Crippen LogP contribution is -2.35. The number of aromatic nitrogens is 1. The van der Waals surface area contributed by atoms with Gasteiger partial charge in [0.15, 0.2) is 0 Å². The van der Waals surface area contributed by atoms with Gasteiger partial charge in [-0.25, -0.2) is 4.99 Å². The molecule has 150 valence electrons. The molecular formula is C25H30N4. The van der Waals surface area contributed by atoms with Crippen LogP contribution in [0.4, 0.5) is 0 Å². The lowest BCUT2D eigenvalue weighted by Gasteiger charge is -2.14. The zero-order valence-corrected chi connectivity index (χ0v) is 18.0. The fourth-order valence-electron chi connectivity index (χ4n) is 3.47. The smallest absolute Gasteiger partial charge is 0.208 e. The Hall–Kier alpha value is -3.14. The zero-order chi connectivity index (χ0) is 20.8. The third-order valence-corrected chi connectivity index (χ3v) is 5.01. The van der Waals surface area contributed by atoms with E-state index < -0.39 is 0 Å². The van der Waals surface area contributed by atoms with Crippen LogP contribution < -0.4 is 5.32 Å². The van der Waals surface area contributed by atoms with Crippen LogP contribution >= 0.6 is 0 Å². The number of para-hydroxylation sites is 1. The van der Waals surface area contributed by atoms with Crippen LogP contribution in [0, 0.1) is 13.8 Å². The Morgan fingerprint density at radius 1 is 1.10 bits per heavy atom. The van der Waals surface area contributed by atoms with Crippen molar-refractivity contribution in [2.45, 2.75) is 40.7 Å². The van der Waals surface area contributed by atoms with Gasteiger partial charge in [0.1, 0.15) is 0 Å². The van der Waals surface area contributed by atoms with E-state index in [1.165, 1.54) is 22.1 Å². The Balaban J connectivity index is 2.15. The third-order valence-electron chi connectivity index (χ3n) is 5.01. The van der Waals surface area contributed by atoms with Gasteiger partial charge in [-0.3, -0.25) is 9.56 Å². The average molecular weight is 387 g/mol. The minimum atomic E-state index is 0.604. The van der Waals surface area contributed by atoms with E-state index >= 15 is 0 Å². The van der Waals surface area contributed by atoms with Crippen molar-refractivity contribution in [2.75, 3.05) is 7.05 Å². The molecule has 0 amide bonds. The molecule has 0 saturated heterocycles. The lowest BCUT2D eigenvalue weighted by atomic mass is 10.1. The Bertz CT molecular complexity index is 1080. The van der Waals surface area contributed by atoms with Crippen molar-refractivity contribution in [1.29, 1.82) is 0 Å². The molecule has 29 heavy (non-hydrogen) atoms. The van der Waals surface area contributed by atoms with Gasteiger partial charge in [-0.15, -0.1) is 0 Å². The van der Waals surface area contributed by atoms with Gasteiger partial charge in [-0.1, -0.05) is 67.1 Å². The van der Waals surface area contributed by atoms with Crippen LogP contribution in [0.3, 0.4) is 0 Å². The highest BCUT2D eigenvalue weighted by atomic mass is 15.2. The second kappa shape index (κ2) is 9.37. The molecule has 2 aromatic carbocycles. The quantitative estimate of drug-likeness (QED) is 0.452. The molecule has 0 atom stereocenters. The van der Waals surface area contributed by atoms with Crippen LogP contribution in [0.5, 0.6) is 0 Å². The van der Waals surface area contributed by atoms with Crippen molar-refractivity contribution < 1.29 is 0 Å². The average Bonchev–Trinajstić information content (AvgIpc) is 3.00. The maximum atomic E-state index is 4.96. The van der Waals surface area contributed by atoms with Crippen LogP contribution in [0.1, 0.15) is 42.7 Å². The molecule has 0 aliphatic carbocycles. The number of benzene rings is 2. The summed E-state index contributed by atoms with van der Waals surface area (Å²) in [7, 11) is 1.79. The number of hydrogen-bond acceptors (Lipinski definition) is 2. The number of rotatable bonds is 4. The van der Waals surface area contributed by atoms with Gasteiger partial charge in [0.2, 0.25) is 5.96 Å². The van der Waals surface area contributed by atoms with Crippen LogP contribution in [-0.4, -0.2) is 23.4 Å². The minimum Gasteiger partial charge on any atom is -0.314 e. The molecule has 0 bridgehead atoms. The summed E-state index contributed by atoms with van der Waals surface area (Å²) in [5.74, 6) is 1.62. The first-order valence-electron chi connectivity index (χ1n) is 10.1. The monoisotopic (exact) mass is 386 g/mol. The first-order valence-corrected chi connectivity index (χ1v) is 10.1. The van der Waals surface area contributed by atoms with Crippen LogP contribution in [0.15, 0.2) is 64.6 Å². The molecule has 0 aliphatic heterocycles. The Morgan fingerprint density at radius 2 is 1.90 bits per heavy atom. The van der Waals surface area contributed by atoms with E-state index in [1.807, 2.05) is 6.92 Å². The minimum absolute atomic E-state index is 0.604. The van der Waals surface area contributed by atoms with E-state index in [4.69, 9.17) is 4.99 Å². The predicted octanol–water partition coefficient (Wildman–Crippen LogP) is 5.72. The number of aryl methyl sites for hydroxylation is 1. The van der Waals surface area contributed by atoms with Crippen molar-refractivity contribution in [3.05, 3.63) is 77.0 Å². The van der Waals surface area contributed by atoms with Gasteiger partial charge in [-0.05, 0) is 38.8 Å². The van der Waals surface area contributed by atoms with Crippen molar-refractivity contribution in [1.82, 2.24) is 9.88 Å². The molecule has 3 aromatic rings. The second-order valence-corrected chi connectivity index (χ2v) is 7.23. The SMILES string of the molecule is CC/C=C\c1c(C)n(C(=NCc2cccc(C)c2)NC(C)=NC)c2ccccc12. The molecular weight excluding hydrogens is 356 g/mol. The molecule has 4 heteroatoms. The first kappa shape index (κ1) is 20.6. The Morgan fingerprint density at radius 3 is 2.62 bits per heavy atom. The molecule has 1 aromatic heterocycles. The number of fused-ring (bicyclic) bond motifs is 1. The maximum Gasteiger partial charge on any atom is 0.208 e. The van der Waals surface area contributed by atoms with Crippen molar-refractivity contribution in [3.8, 4) is 0 Å². The van der Waals surface area contributed by atoms with Gasteiger partial charge >= 0.3 is 0 Å². The normalized spacial score (nSPS) is 12.9. The number of nitrogens with one attached hydrogen (secondary N) is 1. The molecule has 0 aliphatic rings. The number of aliphatic imine (C=N–C) groups is 2. The fraction of sp³-hybridized carbons (Fsp3) is 0.280. The summed E-state index contributed by atoms with van der Waals surface area (Å²) >= 11 is 0. The molecule has 0 saturated carbocycles. The number of hydrogen-bond donors (Lipinski definition) is 1. The lowest BCUT2D eigenvalue weighted by molar-refractivity contribution is 0.972. The number of amidine groups is 1. The van der Waals surface area contributed by atoms with Crippen LogP contribution in [0.2, 0.25) is 0 Å². The number of allylic oxidation sites excluding steroid dienone is 1. The summed E-state index contributed by atoms with van der Waals surface area (Å²) in [5.41, 5.74) is 5.97. The van der Waals surface area contributed by atoms with Gasteiger partial charge in [0.05, 0.1) is 17.9 Å².